The molecule has 0 heterocycles. The Morgan fingerprint density at radius 3 is 2.50 bits per heavy atom. The van der Waals surface area contributed by atoms with Crippen LogP contribution < -0.4 is 5.32 Å². The van der Waals surface area contributed by atoms with Gasteiger partial charge in [0.25, 0.3) is 0 Å². The zero-order valence-electron chi connectivity index (χ0n) is 11.4. The van der Waals surface area contributed by atoms with Gasteiger partial charge in [-0.15, -0.1) is 0 Å². The molecule has 3 nitrogen and oxygen atoms in total. The predicted molar refractivity (Wildman–Crippen MR) is 76.8 cm³/mol. The van der Waals surface area contributed by atoms with E-state index in [1.807, 2.05) is 43.4 Å². The molecule has 0 bridgehead atoms. The molecule has 3 heteroatoms. The summed E-state index contributed by atoms with van der Waals surface area (Å²) in [6, 6.07) is -0.0883. The maximum Gasteiger partial charge on any atom is 0.405 e. The molecule has 1 unspecified atom stereocenters. The average molecular weight is 251 g/mol. The number of nitrogens with one attached hydrogen (secondary N) is 1. The monoisotopic (exact) mass is 251 g/mol. The Bertz CT molecular complexity index is 293. The van der Waals surface area contributed by atoms with Crippen molar-refractivity contribution in [1.82, 2.24) is 5.32 Å². The van der Waals surface area contributed by atoms with E-state index in [2.05, 4.69) is 12.2 Å². The first kappa shape index (κ1) is 16.5. The van der Waals surface area contributed by atoms with Crippen LogP contribution in [0.2, 0.25) is 0 Å². The number of carboxylic acid groups (broad SMARTS) is 1. The van der Waals surface area contributed by atoms with Crippen LogP contribution in [-0.2, 0) is 0 Å². The molecule has 0 saturated carbocycles. The van der Waals surface area contributed by atoms with E-state index in [0.29, 0.717) is 0 Å². The first-order valence-corrected chi connectivity index (χ1v) is 6.66. The Hall–Kier alpha value is -1.51. The lowest BCUT2D eigenvalue weighted by Crippen LogP contribution is -2.31. The number of allylic oxidation sites excluding steroid dienone is 5. The number of carbonyl (C=O) groups is 1. The lowest BCUT2D eigenvalue weighted by atomic mass is 10.1. The van der Waals surface area contributed by atoms with Crippen molar-refractivity contribution in [2.24, 2.45) is 0 Å². The van der Waals surface area contributed by atoms with Crippen molar-refractivity contribution < 1.29 is 9.90 Å². The Balaban J connectivity index is 4.08. The molecule has 0 rings (SSSR count). The van der Waals surface area contributed by atoms with E-state index in [-0.39, 0.29) is 6.04 Å². The lowest BCUT2D eigenvalue weighted by molar-refractivity contribution is 0.191. The number of hydrogen-bond donors (Lipinski definition) is 2. The highest BCUT2D eigenvalue weighted by Gasteiger charge is 2.06. The van der Waals surface area contributed by atoms with Gasteiger partial charge < -0.3 is 10.4 Å². The molecule has 0 radical (unpaired) electrons. The van der Waals surface area contributed by atoms with Crippen LogP contribution in [-0.4, -0.2) is 17.2 Å². The highest BCUT2D eigenvalue weighted by Crippen LogP contribution is 2.06. The van der Waals surface area contributed by atoms with Gasteiger partial charge in [-0.2, -0.15) is 0 Å². The minimum Gasteiger partial charge on any atom is -0.465 e. The van der Waals surface area contributed by atoms with Gasteiger partial charge in [0.1, 0.15) is 0 Å². The third-order valence-electron chi connectivity index (χ3n) is 2.55. The lowest BCUT2D eigenvalue weighted by Gasteiger charge is -2.12. The van der Waals surface area contributed by atoms with E-state index >= 15 is 0 Å². The fourth-order valence-corrected chi connectivity index (χ4v) is 1.60. The summed E-state index contributed by atoms with van der Waals surface area (Å²) in [6.07, 6.45) is 16.0. The molecule has 18 heavy (non-hydrogen) atoms. The molecule has 0 aromatic rings. The van der Waals surface area contributed by atoms with Crippen molar-refractivity contribution in [3.8, 4) is 0 Å². The molecule has 0 fully saturated rings. The first-order valence-electron chi connectivity index (χ1n) is 6.66. The summed E-state index contributed by atoms with van der Waals surface area (Å²) in [5, 5.41) is 11.3. The number of amides is 1. The fraction of sp³-hybridized carbons (Fsp3) is 0.533. The van der Waals surface area contributed by atoms with Crippen molar-refractivity contribution in [3.05, 3.63) is 36.5 Å². The third-order valence-corrected chi connectivity index (χ3v) is 2.55. The minimum absolute atomic E-state index is 0.0883. The van der Waals surface area contributed by atoms with Gasteiger partial charge in [-0.3, -0.25) is 0 Å². The quantitative estimate of drug-likeness (QED) is 0.474. The molecule has 0 aliphatic heterocycles. The maximum absolute atomic E-state index is 10.7. The molecule has 0 saturated heterocycles. The predicted octanol–water partition coefficient (Wildman–Crippen LogP) is 4.28. The molecular formula is C15H25NO2. The fourth-order valence-electron chi connectivity index (χ4n) is 1.60. The van der Waals surface area contributed by atoms with E-state index < -0.39 is 6.09 Å². The molecule has 0 aromatic carbocycles. The summed E-state index contributed by atoms with van der Waals surface area (Å²) in [4.78, 5) is 10.7. The Labute approximate surface area is 110 Å². The molecule has 1 amide bonds. The van der Waals surface area contributed by atoms with E-state index in [1.165, 1.54) is 12.8 Å². The minimum atomic E-state index is -0.961. The second-order valence-corrected chi connectivity index (χ2v) is 4.20. The summed E-state index contributed by atoms with van der Waals surface area (Å²) in [6.45, 7) is 4.12. The van der Waals surface area contributed by atoms with Crippen molar-refractivity contribution in [3.63, 3.8) is 0 Å². The van der Waals surface area contributed by atoms with Crippen LogP contribution in [0.4, 0.5) is 4.79 Å². The highest BCUT2D eigenvalue weighted by atomic mass is 16.4. The average Bonchev–Trinajstić information content (AvgIpc) is 2.33. The van der Waals surface area contributed by atoms with Crippen LogP contribution >= 0.6 is 0 Å². The van der Waals surface area contributed by atoms with E-state index in [9.17, 15) is 4.79 Å². The van der Waals surface area contributed by atoms with Crippen LogP contribution in [0.5, 0.6) is 0 Å². The summed E-state index contributed by atoms with van der Waals surface area (Å²) in [5.74, 6) is 0. The van der Waals surface area contributed by atoms with Crippen molar-refractivity contribution in [2.45, 2.75) is 52.0 Å². The number of unbranched alkanes of at least 4 members (excludes halogenated alkanes) is 3. The summed E-state index contributed by atoms with van der Waals surface area (Å²) in [5.41, 5.74) is 0. The third kappa shape index (κ3) is 11.0. The van der Waals surface area contributed by atoms with Crippen molar-refractivity contribution >= 4 is 6.09 Å². The zero-order chi connectivity index (χ0) is 13.6. The second-order valence-electron chi connectivity index (χ2n) is 4.20. The van der Waals surface area contributed by atoms with E-state index in [4.69, 9.17) is 5.11 Å². The highest BCUT2D eigenvalue weighted by molar-refractivity contribution is 5.65. The molecule has 2 N–H and O–H groups in total. The van der Waals surface area contributed by atoms with Crippen LogP contribution in [0.15, 0.2) is 36.5 Å². The summed E-state index contributed by atoms with van der Waals surface area (Å²) < 4.78 is 0. The molecule has 102 valence electrons. The van der Waals surface area contributed by atoms with Crippen molar-refractivity contribution in [2.75, 3.05) is 0 Å². The molecule has 0 spiro atoms. The van der Waals surface area contributed by atoms with Gasteiger partial charge in [-0.1, -0.05) is 69.1 Å². The van der Waals surface area contributed by atoms with Gasteiger partial charge in [0.2, 0.25) is 0 Å². The molecular weight excluding hydrogens is 226 g/mol. The van der Waals surface area contributed by atoms with Gasteiger partial charge in [0.05, 0.1) is 6.04 Å². The van der Waals surface area contributed by atoms with Crippen LogP contribution in [0, 0.1) is 0 Å². The van der Waals surface area contributed by atoms with Crippen molar-refractivity contribution in [1.29, 1.82) is 0 Å². The molecule has 1 atom stereocenters. The molecule has 0 aromatic heterocycles. The van der Waals surface area contributed by atoms with E-state index in [1.54, 1.807) is 0 Å². The summed E-state index contributed by atoms with van der Waals surface area (Å²) in [7, 11) is 0. The van der Waals surface area contributed by atoms with Gasteiger partial charge in [-0.25, -0.2) is 4.79 Å². The Kier molecular flexibility index (Phi) is 11.0. The van der Waals surface area contributed by atoms with Crippen LogP contribution in [0.1, 0.15) is 46.0 Å². The normalized spacial score (nSPS) is 13.7. The van der Waals surface area contributed by atoms with Gasteiger partial charge in [0.15, 0.2) is 0 Å². The Morgan fingerprint density at radius 1 is 1.17 bits per heavy atom. The molecule has 0 aliphatic rings. The zero-order valence-corrected chi connectivity index (χ0v) is 11.4. The van der Waals surface area contributed by atoms with Crippen LogP contribution in [0.25, 0.3) is 0 Å². The number of rotatable bonds is 9. The van der Waals surface area contributed by atoms with E-state index in [0.717, 1.165) is 19.3 Å². The first-order chi connectivity index (χ1) is 8.70. The number of hydrogen-bond acceptors (Lipinski definition) is 1. The van der Waals surface area contributed by atoms with Gasteiger partial charge >= 0.3 is 6.09 Å². The summed E-state index contributed by atoms with van der Waals surface area (Å²) >= 11 is 0. The van der Waals surface area contributed by atoms with Gasteiger partial charge in [0, 0.05) is 0 Å². The maximum atomic E-state index is 10.7. The van der Waals surface area contributed by atoms with Crippen LogP contribution in [0.3, 0.4) is 0 Å². The molecule has 0 aliphatic carbocycles. The largest absolute Gasteiger partial charge is 0.465 e. The Morgan fingerprint density at radius 2 is 1.89 bits per heavy atom. The van der Waals surface area contributed by atoms with Gasteiger partial charge in [-0.05, 0) is 13.3 Å². The standard InChI is InChI=1S/C15H25NO2/c1-3-5-7-9-11-13-14(16-15(17)18)12-10-8-6-4-2/h3,5,7,9,11,13-14,16H,4,6,8,10,12H2,1-2H3,(H,17,18). The SMILES string of the molecule is CC=CC=CC=CC(CCCCCC)NC(=O)O. The topological polar surface area (TPSA) is 49.3 Å². The smallest absolute Gasteiger partial charge is 0.405 e. The second kappa shape index (κ2) is 12.0.